The van der Waals surface area contributed by atoms with Crippen LogP contribution in [-0.4, -0.2) is 38.9 Å². The minimum absolute atomic E-state index is 0.0202. The summed E-state index contributed by atoms with van der Waals surface area (Å²) in [6.07, 6.45) is 4.51. The van der Waals surface area contributed by atoms with Crippen LogP contribution < -0.4 is 4.72 Å². The van der Waals surface area contributed by atoms with Crippen molar-refractivity contribution in [3.8, 4) is 0 Å². The zero-order valence-corrected chi connectivity index (χ0v) is 12.9. The second-order valence-corrected chi connectivity index (χ2v) is 7.65. The first-order valence-corrected chi connectivity index (χ1v) is 8.82. The SMILES string of the molecule is CN1CC(NS(=O)(=O)c2ccc3c(c2)CCCC3)CC1=O. The van der Waals surface area contributed by atoms with Gasteiger partial charge in [0.05, 0.1) is 4.90 Å². The molecule has 1 atom stereocenters. The average molecular weight is 308 g/mol. The minimum Gasteiger partial charge on any atom is -0.344 e. The van der Waals surface area contributed by atoms with E-state index in [0.29, 0.717) is 11.4 Å². The molecular weight excluding hydrogens is 288 g/mol. The van der Waals surface area contributed by atoms with Gasteiger partial charge in [-0.3, -0.25) is 4.79 Å². The standard InChI is InChI=1S/C15H20N2O3S/c1-17-10-13(9-15(17)18)16-21(19,20)14-7-6-11-4-2-3-5-12(11)8-14/h6-8,13,16H,2-5,9-10H2,1H3. The lowest BCUT2D eigenvalue weighted by Crippen LogP contribution is -2.36. The van der Waals surface area contributed by atoms with Gasteiger partial charge in [0.2, 0.25) is 15.9 Å². The van der Waals surface area contributed by atoms with E-state index in [1.54, 1.807) is 24.1 Å². The molecule has 0 aromatic heterocycles. The van der Waals surface area contributed by atoms with Crippen molar-refractivity contribution in [3.63, 3.8) is 0 Å². The maximum absolute atomic E-state index is 12.4. The third kappa shape index (κ3) is 2.96. The smallest absolute Gasteiger partial charge is 0.240 e. The van der Waals surface area contributed by atoms with Crippen molar-refractivity contribution in [2.75, 3.05) is 13.6 Å². The van der Waals surface area contributed by atoms with Gasteiger partial charge >= 0.3 is 0 Å². The van der Waals surface area contributed by atoms with E-state index in [1.807, 2.05) is 6.07 Å². The molecular formula is C15H20N2O3S. The number of nitrogens with zero attached hydrogens (tertiary/aromatic N) is 1. The maximum atomic E-state index is 12.4. The Morgan fingerprint density at radius 1 is 1.19 bits per heavy atom. The molecule has 5 nitrogen and oxygen atoms in total. The molecule has 0 saturated carbocycles. The number of rotatable bonds is 3. The molecule has 1 unspecified atom stereocenters. The number of amides is 1. The number of benzene rings is 1. The highest BCUT2D eigenvalue weighted by Gasteiger charge is 2.30. The number of aryl methyl sites for hydroxylation is 2. The number of fused-ring (bicyclic) bond motifs is 1. The zero-order valence-electron chi connectivity index (χ0n) is 12.1. The Bertz CT molecular complexity index is 669. The summed E-state index contributed by atoms with van der Waals surface area (Å²) in [6.45, 7) is 0.434. The summed E-state index contributed by atoms with van der Waals surface area (Å²) in [6, 6.07) is 5.06. The van der Waals surface area contributed by atoms with E-state index in [2.05, 4.69) is 4.72 Å². The molecule has 2 aliphatic rings. The summed E-state index contributed by atoms with van der Waals surface area (Å²) in [5.74, 6) is -0.0202. The van der Waals surface area contributed by atoms with Crippen LogP contribution in [-0.2, 0) is 27.7 Å². The van der Waals surface area contributed by atoms with Gasteiger partial charge in [-0.1, -0.05) is 6.07 Å². The summed E-state index contributed by atoms with van der Waals surface area (Å²) < 4.78 is 27.5. The van der Waals surface area contributed by atoms with Crippen LogP contribution in [0.3, 0.4) is 0 Å². The quantitative estimate of drug-likeness (QED) is 0.908. The van der Waals surface area contributed by atoms with Gasteiger partial charge in [0.25, 0.3) is 0 Å². The Morgan fingerprint density at radius 3 is 2.57 bits per heavy atom. The van der Waals surface area contributed by atoms with Crippen molar-refractivity contribution in [2.45, 2.75) is 43.0 Å². The molecule has 0 spiro atoms. The van der Waals surface area contributed by atoms with Gasteiger partial charge in [-0.2, -0.15) is 0 Å². The topological polar surface area (TPSA) is 66.5 Å². The molecule has 1 heterocycles. The number of likely N-dealkylation sites (tertiary alicyclic amines) is 1. The van der Waals surface area contributed by atoms with Crippen LogP contribution in [0.5, 0.6) is 0 Å². The van der Waals surface area contributed by atoms with Crippen LogP contribution in [0.1, 0.15) is 30.4 Å². The molecule has 1 fully saturated rings. The number of hydrogen-bond acceptors (Lipinski definition) is 3. The number of likely N-dealkylation sites (N-methyl/N-ethyl adjacent to an activating group) is 1. The normalized spacial score (nSPS) is 22.4. The van der Waals surface area contributed by atoms with Crippen LogP contribution in [0, 0.1) is 0 Å². The third-order valence-electron chi connectivity index (χ3n) is 4.29. The fourth-order valence-electron chi connectivity index (χ4n) is 3.11. The number of carbonyl (C=O) groups excluding carboxylic acids is 1. The highest BCUT2D eigenvalue weighted by Crippen LogP contribution is 2.24. The lowest BCUT2D eigenvalue weighted by atomic mass is 9.92. The molecule has 0 bridgehead atoms. The Kier molecular flexibility index (Phi) is 3.75. The second kappa shape index (κ2) is 5.42. The molecule has 0 radical (unpaired) electrons. The second-order valence-electron chi connectivity index (χ2n) is 5.93. The largest absolute Gasteiger partial charge is 0.344 e. The predicted molar refractivity (Wildman–Crippen MR) is 79.4 cm³/mol. The third-order valence-corrected chi connectivity index (χ3v) is 5.81. The van der Waals surface area contributed by atoms with Crippen molar-refractivity contribution < 1.29 is 13.2 Å². The fraction of sp³-hybridized carbons (Fsp3) is 0.533. The molecule has 114 valence electrons. The molecule has 1 amide bonds. The summed E-state index contributed by atoms with van der Waals surface area (Å²) in [4.78, 5) is 13.4. The Morgan fingerprint density at radius 2 is 1.90 bits per heavy atom. The molecule has 1 N–H and O–H groups in total. The van der Waals surface area contributed by atoms with Crippen molar-refractivity contribution in [1.82, 2.24) is 9.62 Å². The van der Waals surface area contributed by atoms with Crippen molar-refractivity contribution in [1.29, 1.82) is 0 Å². The van der Waals surface area contributed by atoms with E-state index >= 15 is 0 Å². The van der Waals surface area contributed by atoms with E-state index in [-0.39, 0.29) is 18.4 Å². The van der Waals surface area contributed by atoms with Crippen LogP contribution in [0.25, 0.3) is 0 Å². The van der Waals surface area contributed by atoms with Gasteiger partial charge in [-0.05, 0) is 48.9 Å². The Hall–Kier alpha value is -1.40. The van der Waals surface area contributed by atoms with Crippen LogP contribution in [0.2, 0.25) is 0 Å². The van der Waals surface area contributed by atoms with Gasteiger partial charge < -0.3 is 4.90 Å². The Labute approximate surface area is 125 Å². The van der Waals surface area contributed by atoms with Gasteiger partial charge in [-0.15, -0.1) is 0 Å². The first-order valence-electron chi connectivity index (χ1n) is 7.34. The highest BCUT2D eigenvalue weighted by atomic mass is 32.2. The average Bonchev–Trinajstić information content (AvgIpc) is 2.76. The number of nitrogens with one attached hydrogen (secondary N) is 1. The fourth-order valence-corrected chi connectivity index (χ4v) is 4.38. The van der Waals surface area contributed by atoms with Crippen molar-refractivity contribution in [3.05, 3.63) is 29.3 Å². The van der Waals surface area contributed by atoms with Gasteiger partial charge in [0.1, 0.15) is 0 Å². The van der Waals surface area contributed by atoms with Crippen LogP contribution in [0.4, 0.5) is 0 Å². The highest BCUT2D eigenvalue weighted by molar-refractivity contribution is 7.89. The van der Waals surface area contributed by atoms with E-state index < -0.39 is 10.0 Å². The summed E-state index contributed by atoms with van der Waals surface area (Å²) >= 11 is 0. The van der Waals surface area contributed by atoms with Crippen molar-refractivity contribution >= 4 is 15.9 Å². The molecule has 1 aromatic carbocycles. The first kappa shape index (κ1) is 14.5. The Balaban J connectivity index is 1.80. The van der Waals surface area contributed by atoms with Gasteiger partial charge in [-0.25, -0.2) is 13.1 Å². The van der Waals surface area contributed by atoms with E-state index in [4.69, 9.17) is 0 Å². The van der Waals surface area contributed by atoms with E-state index in [1.165, 1.54) is 12.0 Å². The molecule has 3 rings (SSSR count). The van der Waals surface area contributed by atoms with E-state index in [0.717, 1.165) is 24.8 Å². The summed E-state index contributed by atoms with van der Waals surface area (Å²) in [7, 11) is -1.86. The number of hydrogen-bond donors (Lipinski definition) is 1. The maximum Gasteiger partial charge on any atom is 0.240 e. The van der Waals surface area contributed by atoms with Crippen LogP contribution in [0.15, 0.2) is 23.1 Å². The lowest BCUT2D eigenvalue weighted by molar-refractivity contribution is -0.126. The molecule has 1 aromatic rings. The molecule has 1 saturated heterocycles. The first-order chi connectivity index (χ1) is 9.95. The summed E-state index contributed by atoms with van der Waals surface area (Å²) in [5.41, 5.74) is 2.40. The van der Waals surface area contributed by atoms with Gasteiger partial charge in [0, 0.05) is 26.1 Å². The minimum atomic E-state index is -3.55. The summed E-state index contributed by atoms with van der Waals surface area (Å²) in [5, 5.41) is 0. The van der Waals surface area contributed by atoms with Crippen LogP contribution >= 0.6 is 0 Å². The molecule has 6 heteroatoms. The van der Waals surface area contributed by atoms with Gasteiger partial charge in [0.15, 0.2) is 0 Å². The number of sulfonamides is 1. The van der Waals surface area contributed by atoms with E-state index in [9.17, 15) is 13.2 Å². The molecule has 21 heavy (non-hydrogen) atoms. The lowest BCUT2D eigenvalue weighted by Gasteiger charge is -2.18. The molecule has 1 aliphatic heterocycles. The monoisotopic (exact) mass is 308 g/mol. The number of carbonyl (C=O) groups is 1. The zero-order chi connectivity index (χ0) is 15.0. The van der Waals surface area contributed by atoms with Crippen molar-refractivity contribution in [2.24, 2.45) is 0 Å². The predicted octanol–water partition coefficient (Wildman–Crippen LogP) is 1.07. The molecule has 1 aliphatic carbocycles.